The van der Waals surface area contributed by atoms with E-state index >= 15 is 0 Å². The molecule has 130 valence electrons. The first kappa shape index (κ1) is 15.8. The molecule has 2 N–H and O–H groups in total. The Morgan fingerprint density at radius 1 is 1.44 bits per heavy atom. The lowest BCUT2D eigenvalue weighted by molar-refractivity contribution is 0.187. The number of aromatic nitrogens is 5. The minimum atomic E-state index is -0.139. The molecule has 0 aromatic carbocycles. The van der Waals surface area contributed by atoms with Crippen molar-refractivity contribution in [2.45, 2.75) is 25.7 Å². The Labute approximate surface area is 147 Å². The van der Waals surface area contributed by atoms with Crippen LogP contribution in [0.25, 0.3) is 10.7 Å². The predicted octanol–water partition coefficient (Wildman–Crippen LogP) is 2.64. The molecular weight excluding hydrogens is 342 g/mol. The number of rotatable bonds is 3. The van der Waals surface area contributed by atoms with Gasteiger partial charge in [0.05, 0.1) is 11.9 Å². The Morgan fingerprint density at radius 2 is 2.28 bits per heavy atom. The highest BCUT2D eigenvalue weighted by Crippen LogP contribution is 2.29. The Kier molecular flexibility index (Phi) is 4.18. The van der Waals surface area contributed by atoms with E-state index in [-0.39, 0.29) is 11.9 Å². The molecule has 3 aromatic rings. The van der Waals surface area contributed by atoms with Crippen molar-refractivity contribution >= 4 is 23.1 Å². The summed E-state index contributed by atoms with van der Waals surface area (Å²) in [6.07, 6.45) is 4.93. The van der Waals surface area contributed by atoms with Crippen molar-refractivity contribution in [1.29, 1.82) is 0 Å². The maximum Gasteiger partial charge on any atom is 0.321 e. The number of H-pyrrole nitrogens is 1. The van der Waals surface area contributed by atoms with Crippen LogP contribution in [-0.2, 0) is 0 Å². The van der Waals surface area contributed by atoms with Crippen LogP contribution in [0.1, 0.15) is 30.5 Å². The van der Waals surface area contributed by atoms with E-state index in [0.717, 1.165) is 23.5 Å². The van der Waals surface area contributed by atoms with Crippen LogP contribution in [0, 0.1) is 6.92 Å². The largest absolute Gasteiger partial charge is 0.339 e. The average molecular weight is 359 g/mol. The van der Waals surface area contributed by atoms with Gasteiger partial charge in [-0.2, -0.15) is 10.1 Å². The summed E-state index contributed by atoms with van der Waals surface area (Å²) in [6.45, 7) is 3.09. The van der Waals surface area contributed by atoms with Crippen molar-refractivity contribution in [3.8, 4) is 10.7 Å². The average Bonchev–Trinajstić information content (AvgIpc) is 3.36. The number of hydrogen-bond acceptors (Lipinski definition) is 7. The van der Waals surface area contributed by atoms with Gasteiger partial charge in [-0.1, -0.05) is 5.16 Å². The van der Waals surface area contributed by atoms with Gasteiger partial charge in [-0.05, 0) is 19.8 Å². The Bertz CT molecular complexity index is 849. The molecule has 1 fully saturated rings. The minimum absolute atomic E-state index is 0.139. The highest BCUT2D eigenvalue weighted by atomic mass is 32.1. The van der Waals surface area contributed by atoms with Gasteiger partial charge >= 0.3 is 6.03 Å². The molecule has 4 heterocycles. The summed E-state index contributed by atoms with van der Waals surface area (Å²) in [7, 11) is 0. The number of anilines is 1. The van der Waals surface area contributed by atoms with Gasteiger partial charge in [0.2, 0.25) is 5.89 Å². The number of carbonyl (C=O) groups is 1. The highest BCUT2D eigenvalue weighted by molar-refractivity contribution is 7.13. The molecule has 1 aliphatic rings. The van der Waals surface area contributed by atoms with E-state index in [0.29, 0.717) is 30.5 Å². The van der Waals surface area contributed by atoms with Crippen LogP contribution in [0.3, 0.4) is 0 Å². The lowest BCUT2D eigenvalue weighted by Gasteiger charge is -2.30. The van der Waals surface area contributed by atoms with Gasteiger partial charge in [0.15, 0.2) is 5.82 Å². The zero-order valence-electron chi connectivity index (χ0n) is 13.6. The molecule has 2 amide bonds. The Hall–Kier alpha value is -2.75. The number of piperidine rings is 1. The number of likely N-dealkylation sites (tertiary alicyclic amines) is 1. The molecule has 1 aliphatic heterocycles. The second kappa shape index (κ2) is 6.63. The Balaban J connectivity index is 1.38. The number of aromatic amines is 1. The number of nitrogens with zero attached hydrogens (tertiary/aromatic N) is 5. The van der Waals surface area contributed by atoms with Gasteiger partial charge in [0, 0.05) is 30.6 Å². The lowest BCUT2D eigenvalue weighted by Crippen LogP contribution is -2.40. The molecule has 4 rings (SSSR count). The zero-order chi connectivity index (χ0) is 17.2. The molecule has 0 radical (unpaired) electrons. The maximum absolute atomic E-state index is 12.5. The van der Waals surface area contributed by atoms with E-state index < -0.39 is 0 Å². The summed E-state index contributed by atoms with van der Waals surface area (Å²) >= 11 is 1.49. The first-order chi connectivity index (χ1) is 12.2. The molecule has 0 bridgehead atoms. The van der Waals surface area contributed by atoms with E-state index in [4.69, 9.17) is 4.52 Å². The smallest absolute Gasteiger partial charge is 0.321 e. The van der Waals surface area contributed by atoms with Crippen molar-refractivity contribution in [3.05, 3.63) is 29.5 Å². The molecule has 0 unspecified atom stereocenters. The molecule has 3 aromatic heterocycles. The minimum Gasteiger partial charge on any atom is -0.339 e. The molecule has 25 heavy (non-hydrogen) atoms. The van der Waals surface area contributed by atoms with Crippen LogP contribution in [0.4, 0.5) is 10.5 Å². The van der Waals surface area contributed by atoms with Gasteiger partial charge in [0.25, 0.3) is 0 Å². The fraction of sp³-hybridized carbons (Fsp3) is 0.400. The van der Waals surface area contributed by atoms with E-state index in [9.17, 15) is 4.79 Å². The second-order valence-electron chi connectivity index (χ2n) is 5.87. The van der Waals surface area contributed by atoms with E-state index in [1.807, 2.05) is 5.38 Å². The number of nitrogens with one attached hydrogen (secondary N) is 2. The van der Waals surface area contributed by atoms with Crippen LogP contribution < -0.4 is 5.32 Å². The van der Waals surface area contributed by atoms with Gasteiger partial charge in [-0.25, -0.2) is 9.78 Å². The number of thiazole rings is 1. The molecule has 10 heteroatoms. The van der Waals surface area contributed by atoms with E-state index in [1.165, 1.54) is 11.3 Å². The summed E-state index contributed by atoms with van der Waals surface area (Å²) in [5.74, 6) is 1.52. The fourth-order valence-corrected chi connectivity index (χ4v) is 3.54. The van der Waals surface area contributed by atoms with Crippen LogP contribution in [0.2, 0.25) is 0 Å². The van der Waals surface area contributed by atoms with Crippen LogP contribution in [-0.4, -0.2) is 49.3 Å². The van der Waals surface area contributed by atoms with Gasteiger partial charge < -0.3 is 14.7 Å². The third kappa shape index (κ3) is 3.25. The zero-order valence-corrected chi connectivity index (χ0v) is 14.4. The van der Waals surface area contributed by atoms with Crippen LogP contribution >= 0.6 is 11.3 Å². The Morgan fingerprint density at radius 3 is 2.96 bits per heavy atom. The molecule has 0 atom stereocenters. The quantitative estimate of drug-likeness (QED) is 0.743. The second-order valence-corrected chi connectivity index (χ2v) is 6.76. The van der Waals surface area contributed by atoms with Crippen molar-refractivity contribution < 1.29 is 9.32 Å². The summed E-state index contributed by atoms with van der Waals surface area (Å²) < 4.78 is 5.24. The van der Waals surface area contributed by atoms with Crippen LogP contribution in [0.15, 0.2) is 22.3 Å². The molecule has 9 nitrogen and oxygen atoms in total. The summed E-state index contributed by atoms with van der Waals surface area (Å²) in [5, 5.41) is 16.3. The lowest BCUT2D eigenvalue weighted by atomic mass is 9.97. The summed E-state index contributed by atoms with van der Waals surface area (Å²) in [4.78, 5) is 22.9. The fourth-order valence-electron chi connectivity index (χ4n) is 2.89. The molecule has 0 aliphatic carbocycles. The van der Waals surface area contributed by atoms with Gasteiger partial charge in [-0.15, -0.1) is 11.3 Å². The maximum atomic E-state index is 12.5. The van der Waals surface area contributed by atoms with Crippen molar-refractivity contribution in [1.82, 2.24) is 30.2 Å². The van der Waals surface area contributed by atoms with Crippen molar-refractivity contribution in [2.75, 3.05) is 18.4 Å². The standard InChI is InChI=1S/C15H17N7O2S/c1-9-18-13(24-21-9)10-2-5-22(6-3-10)15(23)19-11-8-17-20-12(11)14-16-4-7-25-14/h4,7-8,10H,2-3,5-6H2,1H3,(H,17,20)(H,19,23). The highest BCUT2D eigenvalue weighted by Gasteiger charge is 2.27. The molecular formula is C15H17N7O2S. The van der Waals surface area contributed by atoms with Crippen molar-refractivity contribution in [3.63, 3.8) is 0 Å². The third-order valence-electron chi connectivity index (χ3n) is 4.20. The predicted molar refractivity (Wildman–Crippen MR) is 91.3 cm³/mol. The monoisotopic (exact) mass is 359 g/mol. The first-order valence-corrected chi connectivity index (χ1v) is 8.88. The molecule has 0 saturated carbocycles. The normalized spacial score (nSPS) is 15.5. The van der Waals surface area contributed by atoms with E-state index in [2.05, 4.69) is 30.6 Å². The van der Waals surface area contributed by atoms with Crippen LogP contribution in [0.5, 0.6) is 0 Å². The van der Waals surface area contributed by atoms with E-state index in [1.54, 1.807) is 24.2 Å². The summed E-state index contributed by atoms with van der Waals surface area (Å²) in [5.41, 5.74) is 1.36. The number of hydrogen-bond donors (Lipinski definition) is 2. The topological polar surface area (TPSA) is 113 Å². The number of carbonyl (C=O) groups excluding carboxylic acids is 1. The molecule has 1 saturated heterocycles. The number of amides is 2. The number of aryl methyl sites for hydroxylation is 1. The number of urea groups is 1. The third-order valence-corrected chi connectivity index (χ3v) is 4.99. The SMILES string of the molecule is Cc1noc(C2CCN(C(=O)Nc3cn[nH]c3-c3nccs3)CC2)n1. The van der Waals surface area contributed by atoms with Crippen molar-refractivity contribution in [2.24, 2.45) is 0 Å². The van der Waals surface area contributed by atoms with Gasteiger partial charge in [0.1, 0.15) is 10.7 Å². The molecule has 0 spiro atoms. The summed E-state index contributed by atoms with van der Waals surface area (Å²) in [6, 6.07) is -0.139. The van der Waals surface area contributed by atoms with Gasteiger partial charge in [-0.3, -0.25) is 5.10 Å². The first-order valence-electron chi connectivity index (χ1n) is 8.00.